The molecule has 4 amide bonds. The van der Waals surface area contributed by atoms with Gasteiger partial charge in [-0.2, -0.15) is 0 Å². The average molecular weight is 469 g/mol. The van der Waals surface area contributed by atoms with E-state index in [9.17, 15) is 14.4 Å². The first-order chi connectivity index (χ1) is 15.6. The van der Waals surface area contributed by atoms with Crippen LogP contribution >= 0.6 is 11.3 Å². The third-order valence-electron chi connectivity index (χ3n) is 6.66. The summed E-state index contributed by atoms with van der Waals surface area (Å²) in [5, 5.41) is 7.95. The molecule has 2 aliphatic heterocycles. The van der Waals surface area contributed by atoms with Gasteiger partial charge in [0, 0.05) is 17.4 Å². The average Bonchev–Trinajstić information content (AvgIpc) is 3.42. The molecule has 8 nitrogen and oxygen atoms in total. The number of aromatic nitrogens is 1. The van der Waals surface area contributed by atoms with Crippen molar-refractivity contribution in [3.05, 3.63) is 29.1 Å². The molecular formula is C24H28N4O4S. The zero-order chi connectivity index (χ0) is 23.4. The van der Waals surface area contributed by atoms with Crippen molar-refractivity contribution in [2.45, 2.75) is 52.0 Å². The first-order valence-corrected chi connectivity index (χ1v) is 12.2. The summed E-state index contributed by atoms with van der Waals surface area (Å²) in [6.45, 7) is 6.70. The van der Waals surface area contributed by atoms with E-state index in [1.165, 1.54) is 11.3 Å². The van der Waals surface area contributed by atoms with E-state index < -0.39 is 17.5 Å². The first kappa shape index (κ1) is 21.9. The second-order valence-electron chi connectivity index (χ2n) is 10.3. The minimum atomic E-state index is -0.913. The van der Waals surface area contributed by atoms with Crippen LogP contribution in [0.1, 0.15) is 45.6 Å². The molecule has 1 aromatic carbocycles. The Morgan fingerprint density at radius 3 is 2.94 bits per heavy atom. The molecule has 33 heavy (non-hydrogen) atoms. The predicted molar refractivity (Wildman–Crippen MR) is 125 cm³/mol. The molecular weight excluding hydrogens is 440 g/mol. The van der Waals surface area contributed by atoms with E-state index in [-0.39, 0.29) is 17.9 Å². The summed E-state index contributed by atoms with van der Waals surface area (Å²) in [7, 11) is 0. The Labute approximate surface area is 196 Å². The number of rotatable bonds is 4. The van der Waals surface area contributed by atoms with Crippen LogP contribution in [0.2, 0.25) is 0 Å². The molecule has 9 heteroatoms. The fourth-order valence-electron chi connectivity index (χ4n) is 5.76. The van der Waals surface area contributed by atoms with Gasteiger partial charge >= 0.3 is 6.03 Å². The maximum absolute atomic E-state index is 13.2. The van der Waals surface area contributed by atoms with Crippen molar-refractivity contribution in [1.82, 2.24) is 15.2 Å². The number of urea groups is 1. The smallest absolute Gasteiger partial charge is 0.325 e. The number of carbonyl (C=O) groups excluding carboxylic acids is 3. The monoisotopic (exact) mass is 468 g/mol. The number of nitrogens with one attached hydrogen (secondary N) is 2. The van der Waals surface area contributed by atoms with Gasteiger partial charge in [-0.1, -0.05) is 20.8 Å². The topological polar surface area (TPSA) is 101 Å². The molecule has 2 atom stereocenters. The summed E-state index contributed by atoms with van der Waals surface area (Å²) in [6, 6.07) is 5.45. The molecule has 2 aromatic rings. The number of hydrogen-bond donors (Lipinski definition) is 2. The van der Waals surface area contributed by atoms with Crippen molar-refractivity contribution in [3.63, 3.8) is 0 Å². The minimum absolute atomic E-state index is 0.0557. The van der Waals surface area contributed by atoms with Crippen LogP contribution in [0.5, 0.6) is 5.75 Å². The second-order valence-corrected chi connectivity index (χ2v) is 11.1. The Morgan fingerprint density at radius 1 is 1.33 bits per heavy atom. The molecule has 2 N–H and O–H groups in total. The van der Waals surface area contributed by atoms with Gasteiger partial charge in [0.1, 0.15) is 17.8 Å². The molecule has 3 aliphatic rings. The molecule has 1 aromatic heterocycles. The van der Waals surface area contributed by atoms with E-state index in [0.717, 1.165) is 40.3 Å². The highest BCUT2D eigenvalue weighted by Gasteiger charge is 2.56. The third-order valence-corrected chi connectivity index (χ3v) is 7.42. The van der Waals surface area contributed by atoms with Crippen LogP contribution in [0.25, 0.3) is 11.3 Å². The molecule has 1 saturated carbocycles. The highest BCUT2D eigenvalue weighted by molar-refractivity contribution is 7.14. The van der Waals surface area contributed by atoms with E-state index in [2.05, 4.69) is 42.5 Å². The van der Waals surface area contributed by atoms with Gasteiger partial charge in [0.05, 0.1) is 12.3 Å². The van der Waals surface area contributed by atoms with Gasteiger partial charge in [-0.3, -0.25) is 14.5 Å². The van der Waals surface area contributed by atoms with Gasteiger partial charge < -0.3 is 15.4 Å². The summed E-state index contributed by atoms with van der Waals surface area (Å²) in [5.74, 6) is 0.472. The van der Waals surface area contributed by atoms with E-state index >= 15 is 0 Å². The lowest BCUT2D eigenvalue weighted by Crippen LogP contribution is -2.54. The number of hydrogen-bond acceptors (Lipinski definition) is 6. The molecule has 1 saturated heterocycles. The van der Waals surface area contributed by atoms with E-state index in [1.807, 2.05) is 17.5 Å². The fourth-order valence-corrected chi connectivity index (χ4v) is 6.50. The van der Waals surface area contributed by atoms with Crippen molar-refractivity contribution >= 4 is 34.3 Å². The molecule has 2 unspecified atom stereocenters. The van der Waals surface area contributed by atoms with Gasteiger partial charge in [0.2, 0.25) is 5.91 Å². The number of nitrogens with zero attached hydrogens (tertiary/aromatic N) is 2. The Hall–Kier alpha value is -2.94. The highest BCUT2D eigenvalue weighted by Crippen LogP contribution is 2.46. The second kappa shape index (κ2) is 7.83. The molecule has 1 spiro atoms. The number of imide groups is 1. The molecule has 174 valence electrons. The van der Waals surface area contributed by atoms with Crippen molar-refractivity contribution < 1.29 is 19.1 Å². The van der Waals surface area contributed by atoms with Gasteiger partial charge in [-0.15, -0.1) is 11.3 Å². The molecule has 0 bridgehead atoms. The quantitative estimate of drug-likeness (QED) is 0.665. The number of thiazole rings is 1. The SMILES string of the molecule is CC1CC(C)(C)CC2(C1)NC(=O)N(CC(=O)Nc1nc(-c3ccc4c(c3)CCO4)cs1)C2=O. The number of anilines is 1. The van der Waals surface area contributed by atoms with E-state index in [4.69, 9.17) is 4.74 Å². The number of carbonyl (C=O) groups is 3. The number of benzene rings is 1. The summed E-state index contributed by atoms with van der Waals surface area (Å²) in [6.07, 6.45) is 3.05. The maximum atomic E-state index is 13.2. The zero-order valence-electron chi connectivity index (χ0n) is 19.1. The summed E-state index contributed by atoms with van der Waals surface area (Å²) < 4.78 is 5.55. The number of ether oxygens (including phenoxy) is 1. The highest BCUT2D eigenvalue weighted by atomic mass is 32.1. The zero-order valence-corrected chi connectivity index (χ0v) is 19.9. The van der Waals surface area contributed by atoms with Gasteiger partial charge in [0.15, 0.2) is 5.13 Å². The summed E-state index contributed by atoms with van der Waals surface area (Å²) in [4.78, 5) is 44.1. The van der Waals surface area contributed by atoms with Gasteiger partial charge in [0.25, 0.3) is 5.91 Å². The van der Waals surface area contributed by atoms with Crippen LogP contribution in [-0.4, -0.2) is 46.4 Å². The van der Waals surface area contributed by atoms with Crippen LogP contribution in [-0.2, 0) is 16.0 Å². The van der Waals surface area contributed by atoms with Crippen LogP contribution < -0.4 is 15.4 Å². The summed E-state index contributed by atoms with van der Waals surface area (Å²) >= 11 is 1.31. The van der Waals surface area contributed by atoms with Crippen LogP contribution in [0, 0.1) is 11.3 Å². The number of fused-ring (bicyclic) bond motifs is 1. The molecule has 2 fully saturated rings. The first-order valence-electron chi connectivity index (χ1n) is 11.3. The van der Waals surface area contributed by atoms with E-state index in [1.54, 1.807) is 0 Å². The molecule has 5 rings (SSSR count). The number of amides is 4. The summed E-state index contributed by atoms with van der Waals surface area (Å²) in [5.41, 5.74) is 1.90. The Morgan fingerprint density at radius 2 is 2.15 bits per heavy atom. The van der Waals surface area contributed by atoms with Crippen molar-refractivity contribution in [1.29, 1.82) is 0 Å². The minimum Gasteiger partial charge on any atom is -0.493 e. The van der Waals surface area contributed by atoms with Gasteiger partial charge in [-0.05, 0) is 54.4 Å². The Kier molecular flexibility index (Phi) is 5.19. The fraction of sp³-hybridized carbons (Fsp3) is 0.500. The van der Waals surface area contributed by atoms with Crippen LogP contribution in [0.15, 0.2) is 23.6 Å². The Bertz CT molecular complexity index is 1140. The standard InChI is InChI=1S/C24H28N4O4S/c1-14-9-23(2,3)13-24(10-14)20(30)28(22(31)27-24)11-19(29)26-21-25-17(12-33-21)15-4-5-18-16(8-15)6-7-32-18/h4-5,8,12,14H,6-7,9-11,13H2,1-3H3,(H,27,31)(H,25,26,29). The molecule has 3 heterocycles. The van der Waals surface area contributed by atoms with Crippen molar-refractivity contribution in [2.24, 2.45) is 11.3 Å². The van der Waals surface area contributed by atoms with Crippen LogP contribution in [0.4, 0.5) is 9.93 Å². The third kappa shape index (κ3) is 4.10. The lowest BCUT2D eigenvalue weighted by molar-refractivity contribution is -0.136. The van der Waals surface area contributed by atoms with Crippen LogP contribution in [0.3, 0.4) is 0 Å². The predicted octanol–water partition coefficient (Wildman–Crippen LogP) is 3.82. The Balaban J connectivity index is 1.25. The molecule has 1 aliphatic carbocycles. The van der Waals surface area contributed by atoms with Gasteiger partial charge in [-0.25, -0.2) is 9.78 Å². The maximum Gasteiger partial charge on any atom is 0.325 e. The largest absolute Gasteiger partial charge is 0.493 e. The normalized spacial score (nSPS) is 25.7. The lowest BCUT2D eigenvalue weighted by atomic mass is 9.64. The molecule has 0 radical (unpaired) electrons. The van der Waals surface area contributed by atoms with Crippen molar-refractivity contribution in [2.75, 3.05) is 18.5 Å². The van der Waals surface area contributed by atoms with E-state index in [0.29, 0.717) is 30.5 Å². The van der Waals surface area contributed by atoms with Crippen molar-refractivity contribution in [3.8, 4) is 17.0 Å². The lowest BCUT2D eigenvalue weighted by Gasteiger charge is -2.43.